The van der Waals surface area contributed by atoms with Gasteiger partial charge in [0.15, 0.2) is 17.3 Å². The zero-order valence-electron chi connectivity index (χ0n) is 29.3. The van der Waals surface area contributed by atoms with Crippen molar-refractivity contribution in [2.45, 2.75) is 39.0 Å². The average Bonchev–Trinajstić information content (AvgIpc) is 3.91. The maximum Gasteiger partial charge on any atom is 0.274 e. The van der Waals surface area contributed by atoms with Crippen molar-refractivity contribution >= 4 is 56.5 Å². The largest absolute Gasteiger partial charge is 0.493 e. The number of hydrogen-bond acceptors (Lipinski definition) is 6. The molecule has 2 aliphatic heterocycles. The van der Waals surface area contributed by atoms with Crippen molar-refractivity contribution in [3.8, 4) is 11.5 Å². The number of nitrogens with zero attached hydrogens (tertiary/aromatic N) is 3. The lowest BCUT2D eigenvalue weighted by Gasteiger charge is -2.18. The Bertz CT molecular complexity index is 2010. The second-order valence-corrected chi connectivity index (χ2v) is 13.1. The number of alkyl halides is 1. The minimum Gasteiger partial charge on any atom is -0.493 e. The summed E-state index contributed by atoms with van der Waals surface area (Å²) in [6, 6.07) is 16.6. The number of carbonyl (C=O) groups excluding carboxylic acids is 2. The number of aromatic amines is 2. The molecule has 3 aromatic carbocycles. The lowest BCUT2D eigenvalue weighted by atomic mass is 10.0. The molecule has 4 heterocycles. The summed E-state index contributed by atoms with van der Waals surface area (Å²) < 4.78 is 11.0. The fourth-order valence-corrected chi connectivity index (χ4v) is 7.42. The normalized spacial score (nSPS) is 13.6. The number of rotatable bonds is 11. The highest BCUT2D eigenvalue weighted by atomic mass is 35.5. The highest BCUT2D eigenvalue weighted by molar-refractivity contribution is 6.15. The summed E-state index contributed by atoms with van der Waals surface area (Å²) in [6.07, 6.45) is 5.79. The van der Waals surface area contributed by atoms with E-state index in [9.17, 15) is 9.59 Å². The maximum absolute atomic E-state index is 13.8. The number of carbonyl (C=O) groups is 2. The quantitative estimate of drug-likeness (QED) is 0.113. The Balaban J connectivity index is 0.00000205. The molecule has 0 unspecified atom stereocenters. The zero-order valence-corrected chi connectivity index (χ0v) is 30.1. The first kappa shape index (κ1) is 34.4. The van der Waals surface area contributed by atoms with Gasteiger partial charge in [0.25, 0.3) is 5.91 Å². The number of amides is 1. The van der Waals surface area contributed by atoms with E-state index >= 15 is 0 Å². The van der Waals surface area contributed by atoms with E-state index in [1.54, 1.807) is 14.2 Å². The van der Waals surface area contributed by atoms with Gasteiger partial charge in [-0.15, -0.1) is 11.6 Å². The number of aromatic nitrogens is 2. The minimum atomic E-state index is 0.0123. The fraction of sp³-hybridized carbons (Fsp3) is 0.385. The van der Waals surface area contributed by atoms with Gasteiger partial charge in [0.05, 0.1) is 25.4 Å². The van der Waals surface area contributed by atoms with E-state index in [0.29, 0.717) is 42.4 Å². The molecule has 0 spiro atoms. The van der Waals surface area contributed by atoms with Crippen LogP contribution in [-0.4, -0.2) is 87.4 Å². The maximum atomic E-state index is 13.8. The summed E-state index contributed by atoms with van der Waals surface area (Å²) in [5.41, 5.74) is 9.96. The third-order valence-corrected chi connectivity index (χ3v) is 9.86. The first-order chi connectivity index (χ1) is 23.7. The van der Waals surface area contributed by atoms with E-state index in [-0.39, 0.29) is 11.7 Å². The van der Waals surface area contributed by atoms with E-state index in [2.05, 4.69) is 75.8 Å². The van der Waals surface area contributed by atoms with Crippen LogP contribution in [0.1, 0.15) is 56.1 Å². The summed E-state index contributed by atoms with van der Waals surface area (Å²) in [7, 11) is 7.45. The van der Waals surface area contributed by atoms with E-state index in [1.165, 1.54) is 23.1 Å². The van der Waals surface area contributed by atoms with Gasteiger partial charge in [-0.2, -0.15) is 0 Å². The predicted octanol–water partition coefficient (Wildman–Crippen LogP) is 7.16. The fourth-order valence-electron chi connectivity index (χ4n) is 7.42. The highest BCUT2D eigenvalue weighted by Gasteiger charge is 2.29. The number of Topliss-reactive ketones (excluding diaryl/α,β-unsaturated/α-hetero) is 1. The molecular formula is C39H46ClN5O4. The van der Waals surface area contributed by atoms with Crippen LogP contribution in [0.5, 0.6) is 11.5 Å². The number of fused-ring (bicyclic) bond motifs is 5. The summed E-state index contributed by atoms with van der Waals surface area (Å²) in [6.45, 7) is 5.19. The van der Waals surface area contributed by atoms with Crippen LogP contribution in [0.3, 0.4) is 0 Å². The van der Waals surface area contributed by atoms with Gasteiger partial charge in [0.2, 0.25) is 0 Å². The van der Waals surface area contributed by atoms with Crippen molar-refractivity contribution in [2.24, 2.45) is 0 Å². The number of hydrogen-bond donors (Lipinski definition) is 2. The molecule has 2 aliphatic rings. The Hall–Kier alpha value is -4.47. The zero-order chi connectivity index (χ0) is 34.8. The molecular weight excluding hydrogens is 638 g/mol. The molecule has 2 aromatic heterocycles. The van der Waals surface area contributed by atoms with Gasteiger partial charge in [-0.3, -0.25) is 9.59 Å². The lowest BCUT2D eigenvalue weighted by Crippen LogP contribution is -2.29. The summed E-state index contributed by atoms with van der Waals surface area (Å²) >= 11 is 4.64. The molecule has 9 nitrogen and oxygen atoms in total. The highest BCUT2D eigenvalue weighted by Crippen LogP contribution is 2.38. The van der Waals surface area contributed by atoms with Crippen LogP contribution in [0, 0.1) is 6.92 Å². The van der Waals surface area contributed by atoms with Crippen LogP contribution in [-0.2, 0) is 19.3 Å². The molecule has 0 bridgehead atoms. The van der Waals surface area contributed by atoms with Crippen molar-refractivity contribution in [1.82, 2.24) is 14.9 Å². The number of ketones is 1. The van der Waals surface area contributed by atoms with Crippen LogP contribution < -0.4 is 19.3 Å². The van der Waals surface area contributed by atoms with Gasteiger partial charge in [-0.05, 0) is 106 Å². The van der Waals surface area contributed by atoms with Crippen molar-refractivity contribution in [1.29, 1.82) is 0 Å². The molecule has 258 valence electrons. The summed E-state index contributed by atoms with van der Waals surface area (Å²) in [4.78, 5) is 40.2. The molecule has 49 heavy (non-hydrogen) atoms. The van der Waals surface area contributed by atoms with E-state index in [0.717, 1.165) is 77.5 Å². The van der Waals surface area contributed by atoms with Gasteiger partial charge >= 0.3 is 0 Å². The molecule has 0 atom stereocenters. The number of benzene rings is 3. The summed E-state index contributed by atoms with van der Waals surface area (Å²) in [5, 5.41) is 2.01. The lowest BCUT2D eigenvalue weighted by molar-refractivity contribution is 0.0975. The second kappa shape index (κ2) is 14.6. The number of halogens is 1. The van der Waals surface area contributed by atoms with Crippen LogP contribution in [0.15, 0.2) is 48.5 Å². The van der Waals surface area contributed by atoms with Gasteiger partial charge in [-0.25, -0.2) is 0 Å². The Morgan fingerprint density at radius 2 is 1.71 bits per heavy atom. The smallest absolute Gasteiger partial charge is 0.274 e. The Labute approximate surface area is 293 Å². The monoisotopic (exact) mass is 683 g/mol. The predicted molar refractivity (Wildman–Crippen MR) is 200 cm³/mol. The topological polar surface area (TPSA) is 93.9 Å². The third kappa shape index (κ3) is 6.62. The standard InChI is InChI=1S/C38H43N5O4.CH3Cl/c1-23-36-26(21-35(46-4)37(23)47-5)20-30(40-36)34(44)14-17-42-16-13-27-28-22-31(39-29(28)9-11-33(27)42)38(45)43-18-12-25-19-24(8-10-32(25)43)7-6-15-41(2)3;1-2/h8-11,19-22,39-40H,6-7,12-18H2,1-5H3;1H3. The van der Waals surface area contributed by atoms with Crippen molar-refractivity contribution in [3.63, 3.8) is 0 Å². The van der Waals surface area contributed by atoms with Crippen LogP contribution in [0.2, 0.25) is 0 Å². The number of aryl methyl sites for hydroxylation is 2. The number of nitrogens with one attached hydrogen (secondary N) is 2. The van der Waals surface area contributed by atoms with E-state index in [4.69, 9.17) is 9.47 Å². The van der Waals surface area contributed by atoms with Gasteiger partial charge < -0.3 is 34.1 Å². The van der Waals surface area contributed by atoms with Crippen LogP contribution in [0.4, 0.5) is 11.4 Å². The molecule has 0 fully saturated rings. The van der Waals surface area contributed by atoms with Gasteiger partial charge in [-0.1, -0.05) is 12.1 Å². The molecule has 1 amide bonds. The Kier molecular flexibility index (Phi) is 10.2. The molecule has 5 aromatic rings. The van der Waals surface area contributed by atoms with Crippen LogP contribution in [0.25, 0.3) is 21.8 Å². The molecule has 10 heteroatoms. The van der Waals surface area contributed by atoms with E-state index < -0.39 is 0 Å². The van der Waals surface area contributed by atoms with Crippen molar-refractivity contribution < 1.29 is 19.1 Å². The van der Waals surface area contributed by atoms with E-state index in [1.807, 2.05) is 30.0 Å². The minimum absolute atomic E-state index is 0.0123. The molecule has 2 N–H and O–H groups in total. The number of ether oxygens (including phenoxy) is 2. The van der Waals surface area contributed by atoms with Crippen molar-refractivity contribution in [2.75, 3.05) is 70.7 Å². The number of anilines is 2. The molecule has 0 aliphatic carbocycles. The first-order valence-corrected chi connectivity index (χ1v) is 17.6. The molecule has 0 saturated heterocycles. The van der Waals surface area contributed by atoms with Gasteiger partial charge in [0, 0.05) is 65.7 Å². The number of methoxy groups -OCH3 is 2. The Morgan fingerprint density at radius 3 is 2.47 bits per heavy atom. The Morgan fingerprint density at radius 1 is 0.918 bits per heavy atom. The SMILES string of the molecule is CCl.COc1cc2cc(C(=O)CCN3CCc4c3ccc3[nH]c(C(=O)N5CCc6cc(CCCN(C)C)ccc65)cc43)[nH]c2c(C)c1OC. The second-order valence-electron chi connectivity index (χ2n) is 13.1. The van der Waals surface area contributed by atoms with Gasteiger partial charge in [0.1, 0.15) is 5.69 Å². The van der Waals surface area contributed by atoms with Crippen molar-refractivity contribution in [3.05, 3.63) is 82.2 Å². The molecule has 0 radical (unpaired) electrons. The first-order valence-electron chi connectivity index (χ1n) is 16.9. The third-order valence-electron chi connectivity index (χ3n) is 9.86. The molecule has 7 rings (SSSR count). The average molecular weight is 684 g/mol. The summed E-state index contributed by atoms with van der Waals surface area (Å²) in [5.74, 6) is 1.39. The van der Waals surface area contributed by atoms with Crippen LogP contribution >= 0.6 is 11.6 Å². The number of H-pyrrole nitrogens is 2. The molecule has 0 saturated carbocycles.